The maximum Gasteiger partial charge on any atom is 0.416 e. The maximum atomic E-state index is 12.9. The summed E-state index contributed by atoms with van der Waals surface area (Å²) in [7, 11) is 0. The van der Waals surface area contributed by atoms with Gasteiger partial charge in [-0.2, -0.15) is 13.2 Å². The van der Waals surface area contributed by atoms with E-state index in [-0.39, 0.29) is 0 Å². The molecule has 0 radical (unpaired) electrons. The number of aromatic nitrogens is 1. The highest BCUT2D eigenvalue weighted by molar-refractivity contribution is 6.08. The standard InChI is InChI=1S/C20H14F3N/c21-20(22,23)15-7-5-6-14(12-15)13-24-18-10-3-1-8-16(18)17-9-2-4-11-19(17)24/h1-12H,13H2. The lowest BCUT2D eigenvalue weighted by atomic mass is 10.1. The monoisotopic (exact) mass is 325 g/mol. The second kappa shape index (κ2) is 5.41. The molecule has 0 fully saturated rings. The van der Waals surface area contributed by atoms with Crippen molar-refractivity contribution >= 4 is 21.8 Å². The first-order chi connectivity index (χ1) is 11.5. The maximum absolute atomic E-state index is 12.9. The number of rotatable bonds is 2. The molecule has 1 heterocycles. The molecule has 1 aromatic heterocycles. The molecule has 4 heteroatoms. The number of para-hydroxylation sites is 2. The average molecular weight is 325 g/mol. The minimum absolute atomic E-state index is 0.401. The SMILES string of the molecule is FC(F)(F)c1cccc(Cn2c3ccccc3c3ccccc32)c1. The number of hydrogen-bond donors (Lipinski definition) is 0. The summed E-state index contributed by atoms with van der Waals surface area (Å²) < 4.78 is 40.9. The molecule has 0 saturated heterocycles. The van der Waals surface area contributed by atoms with Gasteiger partial charge < -0.3 is 4.57 Å². The lowest BCUT2D eigenvalue weighted by Crippen LogP contribution is -2.06. The Kier molecular flexibility index (Phi) is 3.34. The molecule has 0 aliphatic rings. The van der Waals surface area contributed by atoms with Gasteiger partial charge >= 0.3 is 6.18 Å². The number of alkyl halides is 3. The molecule has 0 spiro atoms. The Morgan fingerprint density at radius 1 is 0.708 bits per heavy atom. The van der Waals surface area contributed by atoms with Gasteiger partial charge in [-0.25, -0.2) is 0 Å². The third kappa shape index (κ3) is 2.44. The lowest BCUT2D eigenvalue weighted by Gasteiger charge is -2.11. The van der Waals surface area contributed by atoms with Gasteiger partial charge in [0.1, 0.15) is 0 Å². The average Bonchev–Trinajstić information content (AvgIpc) is 2.89. The number of halogens is 3. The molecule has 0 bridgehead atoms. The third-order valence-corrected chi connectivity index (χ3v) is 4.27. The zero-order valence-corrected chi connectivity index (χ0v) is 12.7. The molecule has 0 aliphatic heterocycles. The number of benzene rings is 3. The van der Waals surface area contributed by atoms with E-state index in [2.05, 4.69) is 4.57 Å². The summed E-state index contributed by atoms with van der Waals surface area (Å²) in [6, 6.07) is 21.5. The number of hydrogen-bond acceptors (Lipinski definition) is 0. The molecule has 24 heavy (non-hydrogen) atoms. The van der Waals surface area contributed by atoms with Crippen molar-refractivity contribution in [2.75, 3.05) is 0 Å². The summed E-state index contributed by atoms with van der Waals surface area (Å²) in [5, 5.41) is 2.22. The summed E-state index contributed by atoms with van der Waals surface area (Å²) in [5.74, 6) is 0. The Labute approximate surface area is 136 Å². The topological polar surface area (TPSA) is 4.93 Å². The summed E-state index contributed by atoms with van der Waals surface area (Å²) in [5.41, 5.74) is 2.07. The lowest BCUT2D eigenvalue weighted by molar-refractivity contribution is -0.137. The largest absolute Gasteiger partial charge is 0.416 e. The van der Waals surface area contributed by atoms with Crippen molar-refractivity contribution in [3.05, 3.63) is 83.9 Å². The van der Waals surface area contributed by atoms with Crippen LogP contribution < -0.4 is 0 Å². The quantitative estimate of drug-likeness (QED) is 0.435. The molecule has 0 N–H and O–H groups in total. The van der Waals surface area contributed by atoms with E-state index in [1.807, 2.05) is 48.5 Å². The first-order valence-corrected chi connectivity index (χ1v) is 7.66. The number of fused-ring (bicyclic) bond motifs is 3. The van der Waals surface area contributed by atoms with Gasteiger partial charge in [-0.05, 0) is 29.8 Å². The van der Waals surface area contributed by atoms with Crippen LogP contribution in [0.3, 0.4) is 0 Å². The summed E-state index contributed by atoms with van der Waals surface area (Å²) in [6.45, 7) is 0.401. The summed E-state index contributed by atoms with van der Waals surface area (Å²) in [4.78, 5) is 0. The van der Waals surface area contributed by atoms with Crippen LogP contribution in [0.1, 0.15) is 11.1 Å². The van der Waals surface area contributed by atoms with E-state index in [0.717, 1.165) is 27.9 Å². The van der Waals surface area contributed by atoms with Crippen molar-refractivity contribution < 1.29 is 13.2 Å². The molecule has 0 atom stereocenters. The van der Waals surface area contributed by atoms with Crippen molar-refractivity contribution in [2.45, 2.75) is 12.7 Å². The molecule has 3 aromatic carbocycles. The highest BCUT2D eigenvalue weighted by atomic mass is 19.4. The predicted octanol–water partition coefficient (Wildman–Crippen LogP) is 5.86. The Morgan fingerprint density at radius 2 is 1.29 bits per heavy atom. The molecule has 0 saturated carbocycles. The second-order valence-electron chi connectivity index (χ2n) is 5.82. The van der Waals surface area contributed by atoms with Crippen LogP contribution in [0.5, 0.6) is 0 Å². The van der Waals surface area contributed by atoms with Crippen molar-refractivity contribution in [1.29, 1.82) is 0 Å². The van der Waals surface area contributed by atoms with Crippen molar-refractivity contribution in [3.8, 4) is 0 Å². The van der Waals surface area contributed by atoms with Crippen LogP contribution in [0.2, 0.25) is 0 Å². The van der Waals surface area contributed by atoms with Gasteiger partial charge in [0, 0.05) is 28.4 Å². The molecule has 120 valence electrons. The molecule has 0 aliphatic carbocycles. The van der Waals surface area contributed by atoms with Gasteiger partial charge in [0.15, 0.2) is 0 Å². The third-order valence-electron chi connectivity index (χ3n) is 4.27. The van der Waals surface area contributed by atoms with E-state index < -0.39 is 11.7 Å². The van der Waals surface area contributed by atoms with Crippen molar-refractivity contribution in [3.63, 3.8) is 0 Å². The fourth-order valence-electron chi connectivity index (χ4n) is 3.20. The minimum atomic E-state index is -4.32. The van der Waals surface area contributed by atoms with Gasteiger partial charge in [-0.1, -0.05) is 48.5 Å². The highest BCUT2D eigenvalue weighted by Gasteiger charge is 2.30. The van der Waals surface area contributed by atoms with Crippen LogP contribution in [-0.4, -0.2) is 4.57 Å². The van der Waals surface area contributed by atoms with E-state index >= 15 is 0 Å². The Bertz CT molecular complexity index is 975. The van der Waals surface area contributed by atoms with Crippen molar-refractivity contribution in [1.82, 2.24) is 4.57 Å². The van der Waals surface area contributed by atoms with Gasteiger partial charge in [0.2, 0.25) is 0 Å². The smallest absolute Gasteiger partial charge is 0.336 e. The van der Waals surface area contributed by atoms with Crippen molar-refractivity contribution in [2.24, 2.45) is 0 Å². The minimum Gasteiger partial charge on any atom is -0.336 e. The van der Waals surface area contributed by atoms with Gasteiger partial charge in [-0.15, -0.1) is 0 Å². The fourth-order valence-corrected chi connectivity index (χ4v) is 3.20. The van der Waals surface area contributed by atoms with E-state index in [1.165, 1.54) is 12.1 Å². The Morgan fingerprint density at radius 3 is 1.88 bits per heavy atom. The summed E-state index contributed by atoms with van der Waals surface area (Å²) >= 11 is 0. The molecule has 1 nitrogen and oxygen atoms in total. The predicted molar refractivity (Wildman–Crippen MR) is 90.0 cm³/mol. The molecular formula is C20H14F3N. The Balaban J connectivity index is 1.88. The van der Waals surface area contributed by atoms with E-state index in [1.54, 1.807) is 6.07 Å². The van der Waals surface area contributed by atoms with Crippen LogP contribution in [0.15, 0.2) is 72.8 Å². The highest BCUT2D eigenvalue weighted by Crippen LogP contribution is 2.32. The summed E-state index contributed by atoms with van der Waals surface area (Å²) in [6.07, 6.45) is -4.32. The van der Waals surface area contributed by atoms with E-state index in [9.17, 15) is 13.2 Å². The number of nitrogens with zero attached hydrogens (tertiary/aromatic N) is 1. The van der Waals surface area contributed by atoms with Crippen LogP contribution in [-0.2, 0) is 12.7 Å². The van der Waals surface area contributed by atoms with E-state index in [4.69, 9.17) is 0 Å². The zero-order valence-electron chi connectivity index (χ0n) is 12.7. The zero-order chi connectivity index (χ0) is 16.7. The van der Waals surface area contributed by atoms with Gasteiger partial charge in [0.25, 0.3) is 0 Å². The fraction of sp³-hybridized carbons (Fsp3) is 0.100. The Hall–Kier alpha value is -2.75. The molecule has 4 aromatic rings. The van der Waals surface area contributed by atoms with E-state index in [0.29, 0.717) is 12.1 Å². The normalized spacial score (nSPS) is 12.1. The van der Waals surface area contributed by atoms with Gasteiger partial charge in [0.05, 0.1) is 5.56 Å². The molecule has 4 rings (SSSR count). The first kappa shape index (κ1) is 14.8. The van der Waals surface area contributed by atoms with Crippen LogP contribution in [0.4, 0.5) is 13.2 Å². The molecular weight excluding hydrogens is 311 g/mol. The first-order valence-electron chi connectivity index (χ1n) is 7.66. The molecule has 0 unspecified atom stereocenters. The molecule has 0 amide bonds. The van der Waals surface area contributed by atoms with Crippen LogP contribution in [0, 0.1) is 0 Å². The van der Waals surface area contributed by atoms with Crippen LogP contribution in [0.25, 0.3) is 21.8 Å². The second-order valence-corrected chi connectivity index (χ2v) is 5.82. The van der Waals surface area contributed by atoms with Gasteiger partial charge in [-0.3, -0.25) is 0 Å². The van der Waals surface area contributed by atoms with Crippen LogP contribution >= 0.6 is 0 Å².